The molecule has 49 nitrogen and oxygen atoms in total. The molecule has 10 aliphatic heterocycles. The summed E-state index contributed by atoms with van der Waals surface area (Å²) in [5, 5.41) is 261. The Kier molecular flexibility index (Phi) is 33.0. The van der Waals surface area contributed by atoms with Crippen molar-refractivity contribution >= 4 is 23.6 Å². The monoisotopic (exact) mass is 1710 g/mol. The number of aliphatic hydroxyl groups excluding tert-OH is 22. The Morgan fingerprint density at radius 1 is 0.222 bits per heavy atom. The maximum absolute atomic E-state index is 12.9. The van der Waals surface area contributed by atoms with Crippen molar-refractivity contribution in [1.29, 1.82) is 0 Å². The number of hydrogen-bond acceptors (Lipinski definition) is 45. The lowest BCUT2D eigenvalue weighted by molar-refractivity contribution is -0.425. The third kappa shape index (κ3) is 20.8. The zero-order valence-electron chi connectivity index (χ0n) is 64.9. The molecule has 0 aromatic carbocycles. The van der Waals surface area contributed by atoms with Crippen molar-refractivity contribution in [3.63, 3.8) is 0 Å². The smallest absolute Gasteiger partial charge is 0.217 e. The molecule has 49 heteroatoms. The van der Waals surface area contributed by atoms with Crippen LogP contribution in [-0.2, 0) is 109 Å². The Hall–Kier alpha value is -3.76. The highest BCUT2D eigenvalue weighted by atomic mass is 16.8. The first-order valence-electron chi connectivity index (χ1n) is 38.3. The lowest BCUT2D eigenvalue weighted by Crippen LogP contribution is -2.70. The lowest BCUT2D eigenvalue weighted by Gasteiger charge is -2.52. The lowest BCUT2D eigenvalue weighted by atomic mass is 9.94. The first kappa shape index (κ1) is 95.5. The average Bonchev–Trinajstić information content (AvgIpc) is 0.763. The molecule has 676 valence electrons. The van der Waals surface area contributed by atoms with E-state index in [1.807, 2.05) is 0 Å². The van der Waals surface area contributed by atoms with Crippen LogP contribution in [-0.4, -0.2) is 469 Å². The molecule has 0 saturated carbocycles. The van der Waals surface area contributed by atoms with E-state index in [9.17, 15) is 132 Å². The summed E-state index contributed by atoms with van der Waals surface area (Å²) in [6.45, 7) is 7.50. The van der Waals surface area contributed by atoms with Gasteiger partial charge < -0.3 is 224 Å². The molecule has 0 spiro atoms. The fraction of sp³-hybridized carbons (Fsp3) is 0.941. The van der Waals surface area contributed by atoms with E-state index in [0.29, 0.717) is 0 Å². The van der Waals surface area contributed by atoms with E-state index >= 15 is 0 Å². The van der Waals surface area contributed by atoms with Gasteiger partial charge in [-0.3, -0.25) is 19.2 Å². The summed E-state index contributed by atoms with van der Waals surface area (Å²) in [5.74, 6) is -3.35. The summed E-state index contributed by atoms with van der Waals surface area (Å²) in [4.78, 5) is 50.8. The average molecular weight is 1710 g/mol. The minimum Gasteiger partial charge on any atom is -0.394 e. The highest BCUT2D eigenvalue weighted by Gasteiger charge is 2.62. The SMILES string of the molecule is CC(=O)N[C@H]1[C@H](O[C@@H]2[C@@H](O)[C@H](C)O[C@@H](O[C@H]3[C@H](O[C@H]4[C@H](O[C@H]5[C@H](O[C@H]6[C@H](O[C@@H]7[C@H](O[C@@H]8O[C@H](CO)[C@@H](O)[C@H](O)[C@H]8NC(C)=O)[C@@H](O)[C@H](C)O[C@H]7O)O[C@@H](C)[C@H](O)[C@H]6O)O[C@@H](C)[C@H](O)[C@H]5O[C@@H]5O[C@H](CO)[C@@H](O)[C@H](O)[C@H]5NC(C)=O)O[C@@H](C)[C@H](O)[C@H]4O)O[C@@H](C)[C@H](O)[C@H]3O[C@@H]3O[C@H](CO)[C@@H](O)[C@H](O)[C@H]3NC(C)=O)[C@@H]2O)O[C@H](CO)[C@@H](O)[C@@H]1O. The highest BCUT2D eigenvalue weighted by Crippen LogP contribution is 2.43. The first-order chi connectivity index (χ1) is 55.0. The van der Waals surface area contributed by atoms with Gasteiger partial charge in [-0.2, -0.15) is 0 Å². The van der Waals surface area contributed by atoms with Crippen LogP contribution in [0.3, 0.4) is 0 Å². The number of amides is 4. The molecule has 0 unspecified atom stereocenters. The molecule has 117 heavy (non-hydrogen) atoms. The normalized spacial score (nSPS) is 51.3. The zero-order valence-corrected chi connectivity index (χ0v) is 64.9. The number of nitrogens with one attached hydrogen (secondary N) is 4. The maximum atomic E-state index is 12.9. The topological polar surface area (TPSA) is 737 Å². The van der Waals surface area contributed by atoms with E-state index in [0.717, 1.165) is 27.7 Å². The molecule has 0 bridgehead atoms. The second-order valence-electron chi connectivity index (χ2n) is 30.8. The van der Waals surface area contributed by atoms with Crippen LogP contribution in [0.4, 0.5) is 0 Å². The second kappa shape index (κ2) is 40.5. The molecule has 10 saturated heterocycles. The Bertz CT molecular complexity index is 3190. The minimum atomic E-state index is -2.36. The van der Waals surface area contributed by atoms with Crippen LogP contribution >= 0.6 is 0 Å². The Labute approximate surface area is 667 Å². The van der Waals surface area contributed by atoms with Gasteiger partial charge in [0.25, 0.3) is 0 Å². The van der Waals surface area contributed by atoms with Crippen LogP contribution in [0.25, 0.3) is 0 Å². The van der Waals surface area contributed by atoms with Gasteiger partial charge in [0.05, 0.1) is 63.1 Å². The third-order valence-corrected chi connectivity index (χ3v) is 22.3. The molecule has 10 rings (SSSR count). The predicted molar refractivity (Wildman–Crippen MR) is 368 cm³/mol. The van der Waals surface area contributed by atoms with Crippen molar-refractivity contribution in [3.8, 4) is 0 Å². The van der Waals surface area contributed by atoms with Gasteiger partial charge in [0.2, 0.25) is 23.6 Å². The van der Waals surface area contributed by atoms with Crippen LogP contribution in [0.15, 0.2) is 0 Å². The molecule has 26 N–H and O–H groups in total. The predicted octanol–water partition coefficient (Wildman–Crippen LogP) is -16.1. The van der Waals surface area contributed by atoms with Crippen molar-refractivity contribution in [2.45, 2.75) is 376 Å². The van der Waals surface area contributed by atoms with Crippen molar-refractivity contribution in [1.82, 2.24) is 21.3 Å². The molecule has 0 radical (unpaired) electrons. The van der Waals surface area contributed by atoms with Crippen molar-refractivity contribution < 1.29 is 222 Å². The molecule has 0 aromatic rings. The quantitative estimate of drug-likeness (QED) is 0.0382. The van der Waals surface area contributed by atoms with Gasteiger partial charge in [0.15, 0.2) is 62.9 Å². The van der Waals surface area contributed by atoms with Gasteiger partial charge in [0.1, 0.15) is 207 Å². The molecule has 50 atom stereocenters. The maximum Gasteiger partial charge on any atom is 0.217 e. The van der Waals surface area contributed by atoms with Crippen LogP contribution in [0.5, 0.6) is 0 Å². The van der Waals surface area contributed by atoms with Crippen LogP contribution in [0.2, 0.25) is 0 Å². The fourth-order valence-electron chi connectivity index (χ4n) is 15.6. The molecular weight excluding hydrogens is 1590 g/mol. The standard InChI is InChI=1S/C68H114N4O45/c1-15-33(81)47(95)54(65(101-15)115-56-51(36(84)17(3)99-59(56)98)110-61-30(70-22(8)78)44(92)40(88)26(12-74)106-61)113-68-58(53(38(86)20(6)104-68)112-63-32(72-24(10)80)46(94)42(90)28(14-76)108-63)117-66-55(48(96)34(82)16(2)102-66)114-67-57(52(37(85)19(5)103-67)111-62-31(71-23(9)79)45(93)41(89)27(13-75)107-62)116-64-49(97)50(35(83)18(4)100-64)109-60-29(69-21(7)77)43(91)39(87)25(11-73)105-60/h15-20,25-68,73-76,81-98H,11-14H2,1-10H3,(H,69,77)(H,70,78)(H,71,79)(H,72,80)/t15-,16-,17-,18-,19-,20-,25+,26+,27+,28+,29+,30+,31+,32+,33-,34-,35-,36-,37-,38-,39+,40+,41+,42+,43+,44+,45+,46+,47+,48+,49+,50+,51+,52+,53+,54+,55+,56+,57+,58+,59+,60-,61-,62-,63-,64-,65-,66-,67-,68-/m0/s1. The van der Waals surface area contributed by atoms with Crippen LogP contribution in [0.1, 0.15) is 69.2 Å². The van der Waals surface area contributed by atoms with Gasteiger partial charge in [-0.25, -0.2) is 0 Å². The van der Waals surface area contributed by atoms with E-state index in [1.165, 1.54) is 41.5 Å². The highest BCUT2D eigenvalue weighted by molar-refractivity contribution is 5.74. The fourth-order valence-corrected chi connectivity index (χ4v) is 15.6. The summed E-state index contributed by atoms with van der Waals surface area (Å²) < 4.78 is 118. The molecule has 4 amide bonds. The number of carbonyl (C=O) groups excluding carboxylic acids is 4. The van der Waals surface area contributed by atoms with Gasteiger partial charge in [0, 0.05) is 27.7 Å². The zero-order chi connectivity index (χ0) is 86.3. The number of rotatable bonds is 26. The Morgan fingerprint density at radius 3 is 0.726 bits per heavy atom. The summed E-state index contributed by atoms with van der Waals surface area (Å²) in [7, 11) is 0. The van der Waals surface area contributed by atoms with Gasteiger partial charge in [-0.15, -0.1) is 0 Å². The summed E-state index contributed by atoms with van der Waals surface area (Å²) >= 11 is 0. The summed E-state index contributed by atoms with van der Waals surface area (Å²) in [5.41, 5.74) is 0. The molecule has 0 aliphatic carbocycles. The molecular formula is C68H114N4O45. The van der Waals surface area contributed by atoms with E-state index in [4.69, 9.17) is 90.0 Å². The van der Waals surface area contributed by atoms with Crippen molar-refractivity contribution in [3.05, 3.63) is 0 Å². The number of aliphatic hydroxyl groups is 22. The Morgan fingerprint density at radius 2 is 0.436 bits per heavy atom. The number of hydrogen-bond donors (Lipinski definition) is 26. The summed E-state index contributed by atoms with van der Waals surface area (Å²) in [6.07, 6.45) is -91.6. The first-order valence-corrected chi connectivity index (χ1v) is 38.3. The second-order valence-corrected chi connectivity index (χ2v) is 30.8. The van der Waals surface area contributed by atoms with E-state index < -0.39 is 357 Å². The minimum absolute atomic E-state index is 0.796. The largest absolute Gasteiger partial charge is 0.394 e. The van der Waals surface area contributed by atoms with E-state index in [1.54, 1.807) is 0 Å². The third-order valence-electron chi connectivity index (χ3n) is 22.3. The molecule has 10 aliphatic rings. The summed E-state index contributed by atoms with van der Waals surface area (Å²) in [6, 6.07) is -6.99. The van der Waals surface area contributed by atoms with Gasteiger partial charge in [-0.1, -0.05) is 0 Å². The van der Waals surface area contributed by atoms with E-state index in [2.05, 4.69) is 21.3 Å². The number of ether oxygens (including phenoxy) is 19. The van der Waals surface area contributed by atoms with Crippen LogP contribution < -0.4 is 21.3 Å². The van der Waals surface area contributed by atoms with Crippen molar-refractivity contribution in [2.24, 2.45) is 0 Å². The van der Waals surface area contributed by atoms with Gasteiger partial charge >= 0.3 is 0 Å². The van der Waals surface area contributed by atoms with Crippen LogP contribution in [0, 0.1) is 0 Å². The number of carbonyl (C=O) groups is 4. The van der Waals surface area contributed by atoms with Gasteiger partial charge in [-0.05, 0) is 41.5 Å². The molecule has 10 fully saturated rings. The molecule has 10 heterocycles. The Balaban J connectivity index is 1.06. The molecule has 0 aromatic heterocycles. The van der Waals surface area contributed by atoms with Crippen molar-refractivity contribution in [2.75, 3.05) is 26.4 Å². The van der Waals surface area contributed by atoms with E-state index in [-0.39, 0.29) is 0 Å².